The average Bonchev–Trinajstić information content (AvgIpc) is 2.94. The Kier molecular flexibility index (Phi) is 4.25. The summed E-state index contributed by atoms with van der Waals surface area (Å²) < 4.78 is 7.02. The Morgan fingerprint density at radius 2 is 2.16 bits per heavy atom. The third kappa shape index (κ3) is 3.22. The third-order valence-corrected chi connectivity index (χ3v) is 4.45. The molecule has 0 aliphatic heterocycles. The van der Waals surface area contributed by atoms with E-state index >= 15 is 0 Å². The maximum Gasteiger partial charge on any atom is 0.147 e. The van der Waals surface area contributed by atoms with Crippen LogP contribution in [0.25, 0.3) is 10.2 Å². The summed E-state index contributed by atoms with van der Waals surface area (Å²) in [5.74, 6) is 0.923. The number of anilines is 1. The smallest absolute Gasteiger partial charge is 0.147 e. The lowest BCUT2D eigenvalue weighted by Gasteiger charge is -2.22. The van der Waals surface area contributed by atoms with Crippen molar-refractivity contribution in [1.82, 2.24) is 9.97 Å². The molecule has 5 heteroatoms. The first-order valence-electron chi connectivity index (χ1n) is 6.97. The van der Waals surface area contributed by atoms with Crippen LogP contribution in [-0.4, -0.2) is 29.2 Å². The average molecular weight is 277 g/mol. The zero-order chi connectivity index (χ0) is 12.9. The van der Waals surface area contributed by atoms with Crippen LogP contribution in [-0.2, 0) is 4.74 Å². The van der Waals surface area contributed by atoms with E-state index in [1.807, 2.05) is 11.4 Å². The molecule has 19 heavy (non-hydrogen) atoms. The molecule has 0 bridgehead atoms. The molecule has 1 aliphatic carbocycles. The topological polar surface area (TPSA) is 47.0 Å². The summed E-state index contributed by atoms with van der Waals surface area (Å²) in [6, 6.07) is 2.02. The lowest BCUT2D eigenvalue weighted by Crippen LogP contribution is -2.20. The minimum absolute atomic E-state index is 0.475. The molecule has 1 saturated carbocycles. The molecule has 0 saturated heterocycles. The van der Waals surface area contributed by atoms with E-state index in [2.05, 4.69) is 15.3 Å². The van der Waals surface area contributed by atoms with Crippen molar-refractivity contribution >= 4 is 27.4 Å². The monoisotopic (exact) mass is 277 g/mol. The quantitative estimate of drug-likeness (QED) is 0.850. The molecule has 0 aromatic carbocycles. The number of hydrogen-bond acceptors (Lipinski definition) is 5. The van der Waals surface area contributed by atoms with E-state index in [4.69, 9.17) is 4.74 Å². The second-order valence-electron chi connectivity index (χ2n) is 4.91. The number of aromatic nitrogens is 2. The zero-order valence-electron chi connectivity index (χ0n) is 11.0. The van der Waals surface area contributed by atoms with Gasteiger partial charge in [-0.25, -0.2) is 9.97 Å². The van der Waals surface area contributed by atoms with Crippen LogP contribution >= 0.6 is 11.3 Å². The van der Waals surface area contributed by atoms with Gasteiger partial charge in [-0.15, -0.1) is 11.3 Å². The second-order valence-corrected chi connectivity index (χ2v) is 5.83. The summed E-state index contributed by atoms with van der Waals surface area (Å²) in [5, 5.41) is 5.39. The van der Waals surface area contributed by atoms with Gasteiger partial charge in [-0.05, 0) is 24.3 Å². The fraction of sp³-hybridized carbons (Fsp3) is 0.571. The first-order valence-corrected chi connectivity index (χ1v) is 7.85. The van der Waals surface area contributed by atoms with Crippen molar-refractivity contribution in [2.45, 2.75) is 38.2 Å². The predicted molar refractivity (Wildman–Crippen MR) is 78.7 cm³/mol. The van der Waals surface area contributed by atoms with Crippen molar-refractivity contribution in [2.24, 2.45) is 0 Å². The Bertz CT molecular complexity index is 522. The van der Waals surface area contributed by atoms with Crippen LogP contribution in [0.5, 0.6) is 0 Å². The molecule has 1 aliphatic rings. The van der Waals surface area contributed by atoms with Crippen LogP contribution in [0, 0.1) is 0 Å². The molecular weight excluding hydrogens is 258 g/mol. The second kappa shape index (κ2) is 6.30. The molecular formula is C14H19N3OS. The summed E-state index contributed by atoms with van der Waals surface area (Å²) >= 11 is 1.67. The number of fused-ring (bicyclic) bond motifs is 1. The van der Waals surface area contributed by atoms with Crippen LogP contribution in [0.4, 0.5) is 5.82 Å². The minimum atomic E-state index is 0.475. The molecule has 3 rings (SSSR count). The molecule has 0 unspecified atom stereocenters. The Morgan fingerprint density at radius 3 is 3.05 bits per heavy atom. The van der Waals surface area contributed by atoms with E-state index in [1.54, 1.807) is 17.7 Å². The SMILES string of the molecule is c1nc(NCCOC2CCCCC2)c2sccc2n1. The Morgan fingerprint density at radius 1 is 1.26 bits per heavy atom. The first-order chi connectivity index (χ1) is 9.43. The van der Waals surface area contributed by atoms with Gasteiger partial charge in [0.2, 0.25) is 0 Å². The highest BCUT2D eigenvalue weighted by Crippen LogP contribution is 2.24. The van der Waals surface area contributed by atoms with Gasteiger partial charge in [0.15, 0.2) is 0 Å². The summed E-state index contributed by atoms with van der Waals surface area (Å²) in [4.78, 5) is 8.53. The van der Waals surface area contributed by atoms with Crippen LogP contribution in [0.2, 0.25) is 0 Å². The number of nitrogens with zero attached hydrogens (tertiary/aromatic N) is 2. The van der Waals surface area contributed by atoms with E-state index in [0.29, 0.717) is 6.10 Å². The lowest BCUT2D eigenvalue weighted by atomic mass is 9.98. The van der Waals surface area contributed by atoms with E-state index < -0.39 is 0 Å². The Balaban J connectivity index is 1.48. The van der Waals surface area contributed by atoms with Gasteiger partial charge in [0, 0.05) is 6.54 Å². The molecule has 102 valence electrons. The highest BCUT2D eigenvalue weighted by atomic mass is 32.1. The van der Waals surface area contributed by atoms with E-state index in [-0.39, 0.29) is 0 Å². The van der Waals surface area contributed by atoms with Crippen molar-refractivity contribution < 1.29 is 4.74 Å². The van der Waals surface area contributed by atoms with Gasteiger partial charge in [-0.2, -0.15) is 0 Å². The Labute approximate surface area is 117 Å². The molecule has 2 aromatic rings. The van der Waals surface area contributed by atoms with Gasteiger partial charge < -0.3 is 10.1 Å². The molecule has 2 aromatic heterocycles. The predicted octanol–water partition coefficient (Wildman–Crippen LogP) is 3.45. The number of hydrogen-bond donors (Lipinski definition) is 1. The summed E-state index contributed by atoms with van der Waals surface area (Å²) in [6.45, 7) is 1.56. The van der Waals surface area contributed by atoms with E-state index in [9.17, 15) is 0 Å². The number of rotatable bonds is 5. The number of ether oxygens (including phenoxy) is 1. The van der Waals surface area contributed by atoms with Gasteiger partial charge in [0.25, 0.3) is 0 Å². The number of thiophene rings is 1. The van der Waals surface area contributed by atoms with Gasteiger partial charge in [0.1, 0.15) is 12.1 Å². The summed E-state index contributed by atoms with van der Waals surface area (Å²) in [6.07, 6.45) is 8.54. The molecule has 0 atom stereocenters. The van der Waals surface area contributed by atoms with Crippen molar-refractivity contribution in [3.8, 4) is 0 Å². The minimum Gasteiger partial charge on any atom is -0.376 e. The molecule has 0 amide bonds. The van der Waals surface area contributed by atoms with Crippen molar-refractivity contribution in [3.63, 3.8) is 0 Å². The Hall–Kier alpha value is -1.20. The van der Waals surface area contributed by atoms with Gasteiger partial charge in [-0.1, -0.05) is 19.3 Å². The molecule has 4 nitrogen and oxygen atoms in total. The fourth-order valence-electron chi connectivity index (χ4n) is 2.54. The molecule has 0 radical (unpaired) electrons. The molecule has 2 heterocycles. The van der Waals surface area contributed by atoms with Crippen molar-refractivity contribution in [3.05, 3.63) is 17.8 Å². The normalized spacial score (nSPS) is 16.8. The first kappa shape index (κ1) is 12.8. The van der Waals surface area contributed by atoms with Crippen LogP contribution in [0.15, 0.2) is 17.8 Å². The number of nitrogens with one attached hydrogen (secondary N) is 1. The van der Waals surface area contributed by atoms with Crippen LogP contribution in [0.3, 0.4) is 0 Å². The van der Waals surface area contributed by atoms with Crippen LogP contribution in [0.1, 0.15) is 32.1 Å². The highest BCUT2D eigenvalue weighted by molar-refractivity contribution is 7.17. The zero-order valence-corrected chi connectivity index (χ0v) is 11.8. The third-order valence-electron chi connectivity index (χ3n) is 3.54. The van der Waals surface area contributed by atoms with E-state index in [1.165, 1.54) is 32.1 Å². The molecule has 1 fully saturated rings. The lowest BCUT2D eigenvalue weighted by molar-refractivity contribution is 0.0347. The van der Waals surface area contributed by atoms with Gasteiger partial charge in [-0.3, -0.25) is 0 Å². The molecule has 1 N–H and O–H groups in total. The van der Waals surface area contributed by atoms with Crippen molar-refractivity contribution in [2.75, 3.05) is 18.5 Å². The van der Waals surface area contributed by atoms with Gasteiger partial charge >= 0.3 is 0 Å². The summed E-state index contributed by atoms with van der Waals surface area (Å²) in [7, 11) is 0. The maximum atomic E-state index is 5.90. The van der Waals surface area contributed by atoms with Crippen molar-refractivity contribution in [1.29, 1.82) is 0 Å². The standard InChI is InChI=1S/C14H19N3OS/c1-2-4-11(5-3-1)18-8-7-15-14-13-12(6-9-19-13)16-10-17-14/h6,9-11H,1-5,7-8H2,(H,15,16,17). The van der Waals surface area contributed by atoms with Crippen LogP contribution < -0.4 is 5.32 Å². The fourth-order valence-corrected chi connectivity index (χ4v) is 3.35. The maximum absolute atomic E-state index is 5.90. The highest BCUT2D eigenvalue weighted by Gasteiger charge is 2.13. The summed E-state index contributed by atoms with van der Waals surface area (Å²) in [5.41, 5.74) is 1.01. The van der Waals surface area contributed by atoms with E-state index in [0.717, 1.165) is 29.2 Å². The van der Waals surface area contributed by atoms with Gasteiger partial charge in [0.05, 0.1) is 22.9 Å². The largest absolute Gasteiger partial charge is 0.376 e. The molecule has 0 spiro atoms.